The molecule has 0 spiro atoms. The molecule has 1 fully saturated rings. The maximum atomic E-state index is 13.1. The van der Waals surface area contributed by atoms with E-state index < -0.39 is 29.7 Å². The number of piperidine rings is 1. The maximum absolute atomic E-state index is 13.1. The van der Waals surface area contributed by atoms with Crippen molar-refractivity contribution in [1.29, 1.82) is 0 Å². The van der Waals surface area contributed by atoms with Gasteiger partial charge in [-0.3, -0.25) is 39.2 Å². The highest BCUT2D eigenvalue weighted by Crippen LogP contribution is 2.32. The van der Waals surface area contributed by atoms with Gasteiger partial charge in [-0.25, -0.2) is 0 Å². The number of rotatable bonds is 5. The minimum absolute atomic E-state index is 0.0398. The number of hydrogen-bond acceptors (Lipinski definition) is 7. The van der Waals surface area contributed by atoms with E-state index >= 15 is 0 Å². The van der Waals surface area contributed by atoms with Gasteiger partial charge in [0.05, 0.1) is 29.6 Å². The van der Waals surface area contributed by atoms with Crippen LogP contribution in [-0.4, -0.2) is 52.0 Å². The van der Waals surface area contributed by atoms with E-state index in [0.717, 1.165) is 15.7 Å². The highest BCUT2D eigenvalue weighted by molar-refractivity contribution is 6.25. The normalized spacial score (nSPS) is 17.5. The number of benzene rings is 2. The Bertz CT molecular complexity index is 1380. The van der Waals surface area contributed by atoms with Crippen molar-refractivity contribution in [2.75, 3.05) is 17.2 Å². The molecule has 1 aromatic heterocycles. The number of nitrogens with one attached hydrogen (secondary N) is 3. The number of carbonyl (C=O) groups excluding carboxylic acids is 5. The van der Waals surface area contributed by atoms with E-state index in [0.29, 0.717) is 11.4 Å². The molecule has 170 valence electrons. The first kappa shape index (κ1) is 21.3. The third-order valence-electron chi connectivity index (χ3n) is 5.85. The number of fused-ring (bicyclic) bond motifs is 2. The van der Waals surface area contributed by atoms with Crippen LogP contribution in [0.2, 0.25) is 0 Å². The molecular formula is C24H19N5O5. The molecule has 3 N–H and O–H groups in total. The molecule has 5 amide bonds. The van der Waals surface area contributed by atoms with Crippen LogP contribution in [0.25, 0.3) is 10.8 Å². The van der Waals surface area contributed by atoms with Crippen molar-refractivity contribution >= 4 is 51.7 Å². The minimum atomic E-state index is -1.06. The predicted molar refractivity (Wildman–Crippen MR) is 122 cm³/mol. The van der Waals surface area contributed by atoms with Crippen molar-refractivity contribution in [3.8, 4) is 0 Å². The van der Waals surface area contributed by atoms with Gasteiger partial charge in [0, 0.05) is 29.1 Å². The lowest BCUT2D eigenvalue weighted by Crippen LogP contribution is -2.54. The van der Waals surface area contributed by atoms with Gasteiger partial charge < -0.3 is 10.6 Å². The summed E-state index contributed by atoms with van der Waals surface area (Å²) >= 11 is 0. The van der Waals surface area contributed by atoms with Gasteiger partial charge in [0.2, 0.25) is 17.7 Å². The number of imide groups is 2. The Kier molecular flexibility index (Phi) is 5.25. The lowest BCUT2D eigenvalue weighted by atomic mass is 10.0. The fourth-order valence-corrected chi connectivity index (χ4v) is 4.25. The zero-order valence-electron chi connectivity index (χ0n) is 17.8. The molecule has 0 aliphatic carbocycles. The zero-order valence-corrected chi connectivity index (χ0v) is 17.8. The zero-order chi connectivity index (χ0) is 23.8. The molecule has 10 nitrogen and oxygen atoms in total. The summed E-state index contributed by atoms with van der Waals surface area (Å²) in [5, 5.41) is 9.61. The minimum Gasteiger partial charge on any atom is -0.375 e. The van der Waals surface area contributed by atoms with Crippen LogP contribution in [0.15, 0.2) is 54.9 Å². The van der Waals surface area contributed by atoms with Crippen LogP contribution >= 0.6 is 0 Å². The second-order valence-corrected chi connectivity index (χ2v) is 7.99. The highest BCUT2D eigenvalue weighted by Gasteiger charge is 2.45. The number of amides is 5. The monoisotopic (exact) mass is 457 g/mol. The van der Waals surface area contributed by atoms with Gasteiger partial charge in [-0.05, 0) is 18.6 Å². The van der Waals surface area contributed by atoms with E-state index in [1.165, 1.54) is 6.07 Å². The summed E-state index contributed by atoms with van der Waals surface area (Å²) < 4.78 is 0. The molecule has 2 aliphatic heterocycles. The molecule has 3 aromatic rings. The van der Waals surface area contributed by atoms with Crippen molar-refractivity contribution in [1.82, 2.24) is 15.2 Å². The Hall–Kier alpha value is -4.60. The Labute approximate surface area is 193 Å². The number of hydrogen-bond donors (Lipinski definition) is 3. The van der Waals surface area contributed by atoms with Crippen molar-refractivity contribution in [2.24, 2.45) is 0 Å². The van der Waals surface area contributed by atoms with Crippen molar-refractivity contribution < 1.29 is 24.0 Å². The molecular weight excluding hydrogens is 438 g/mol. The SMILES string of the molecule is O=C1CCC(N2C(=O)c3cccc(NCC(=O)Nc4cncc5ccccc45)c3C2=O)C(=O)N1. The maximum Gasteiger partial charge on any atom is 0.264 e. The van der Waals surface area contributed by atoms with Crippen LogP contribution in [0.5, 0.6) is 0 Å². The van der Waals surface area contributed by atoms with Crippen molar-refractivity contribution in [3.63, 3.8) is 0 Å². The van der Waals surface area contributed by atoms with E-state index in [4.69, 9.17) is 0 Å². The summed E-state index contributed by atoms with van der Waals surface area (Å²) in [6.07, 6.45) is 3.37. The van der Waals surface area contributed by atoms with Crippen LogP contribution in [0.4, 0.5) is 11.4 Å². The molecule has 10 heteroatoms. The Morgan fingerprint density at radius 3 is 2.65 bits per heavy atom. The molecule has 0 bridgehead atoms. The van der Waals surface area contributed by atoms with Crippen LogP contribution in [0.1, 0.15) is 33.6 Å². The fourth-order valence-electron chi connectivity index (χ4n) is 4.25. The van der Waals surface area contributed by atoms with Crippen LogP contribution in [-0.2, 0) is 14.4 Å². The third-order valence-corrected chi connectivity index (χ3v) is 5.85. The third kappa shape index (κ3) is 3.64. The van der Waals surface area contributed by atoms with Crippen LogP contribution < -0.4 is 16.0 Å². The molecule has 5 rings (SSSR count). The molecule has 1 atom stereocenters. The Morgan fingerprint density at radius 2 is 1.82 bits per heavy atom. The fraction of sp³-hybridized carbons (Fsp3) is 0.167. The van der Waals surface area contributed by atoms with Crippen molar-refractivity contribution in [3.05, 3.63) is 66.0 Å². The Balaban J connectivity index is 1.33. The second kappa shape index (κ2) is 8.39. The lowest BCUT2D eigenvalue weighted by Gasteiger charge is -2.27. The first-order valence-electron chi connectivity index (χ1n) is 10.6. The number of aromatic nitrogens is 1. The number of anilines is 2. The molecule has 2 aromatic carbocycles. The van der Waals surface area contributed by atoms with Gasteiger partial charge in [-0.1, -0.05) is 30.3 Å². The molecule has 34 heavy (non-hydrogen) atoms. The smallest absolute Gasteiger partial charge is 0.264 e. The summed E-state index contributed by atoms with van der Waals surface area (Å²) in [5.74, 6) is -2.73. The van der Waals surface area contributed by atoms with Crippen molar-refractivity contribution in [2.45, 2.75) is 18.9 Å². The summed E-state index contributed by atoms with van der Waals surface area (Å²) in [7, 11) is 0. The van der Waals surface area contributed by atoms with E-state index in [1.54, 1.807) is 24.5 Å². The summed E-state index contributed by atoms with van der Waals surface area (Å²) in [5.41, 5.74) is 1.09. The predicted octanol–water partition coefficient (Wildman–Crippen LogP) is 1.69. The van der Waals surface area contributed by atoms with Gasteiger partial charge in [0.15, 0.2) is 0 Å². The number of nitrogens with zero attached hydrogens (tertiary/aromatic N) is 2. The molecule has 1 saturated heterocycles. The van der Waals surface area contributed by atoms with Crippen LogP contribution in [0, 0.1) is 0 Å². The Morgan fingerprint density at radius 1 is 1.00 bits per heavy atom. The quantitative estimate of drug-likeness (QED) is 0.496. The summed E-state index contributed by atoms with van der Waals surface area (Å²) in [4.78, 5) is 67.4. The molecule has 0 radical (unpaired) electrons. The highest BCUT2D eigenvalue weighted by atomic mass is 16.2. The van der Waals surface area contributed by atoms with Gasteiger partial charge in [0.1, 0.15) is 6.04 Å². The first-order valence-corrected chi connectivity index (χ1v) is 10.6. The van der Waals surface area contributed by atoms with E-state index in [1.807, 2.05) is 24.3 Å². The molecule has 2 aliphatic rings. The summed E-state index contributed by atoms with van der Waals surface area (Å²) in [6.45, 7) is -0.167. The second-order valence-electron chi connectivity index (χ2n) is 7.99. The average molecular weight is 457 g/mol. The van der Waals surface area contributed by atoms with E-state index in [-0.39, 0.29) is 36.4 Å². The average Bonchev–Trinajstić information content (AvgIpc) is 3.08. The summed E-state index contributed by atoms with van der Waals surface area (Å²) in [6, 6.07) is 11.1. The van der Waals surface area contributed by atoms with E-state index in [2.05, 4.69) is 20.9 Å². The number of carbonyl (C=O) groups is 5. The first-order chi connectivity index (χ1) is 16.4. The standard InChI is InChI=1S/C24H19N5O5/c30-19-9-8-18(22(32)28-19)29-23(33)15-6-3-7-16(21(15)24(29)34)26-12-20(31)27-17-11-25-10-13-4-1-2-5-14(13)17/h1-7,10-11,18,26H,8-9,12H2,(H,27,31)(H,28,30,32). The van der Waals surface area contributed by atoms with Gasteiger partial charge in [-0.2, -0.15) is 0 Å². The number of pyridine rings is 1. The topological polar surface area (TPSA) is 138 Å². The molecule has 0 saturated carbocycles. The lowest BCUT2D eigenvalue weighted by molar-refractivity contribution is -0.136. The van der Waals surface area contributed by atoms with Gasteiger partial charge in [0.25, 0.3) is 11.8 Å². The molecule has 3 heterocycles. The largest absolute Gasteiger partial charge is 0.375 e. The van der Waals surface area contributed by atoms with E-state index in [9.17, 15) is 24.0 Å². The molecule has 1 unspecified atom stereocenters. The van der Waals surface area contributed by atoms with Crippen LogP contribution in [0.3, 0.4) is 0 Å². The van der Waals surface area contributed by atoms with Gasteiger partial charge in [-0.15, -0.1) is 0 Å². The van der Waals surface area contributed by atoms with Gasteiger partial charge >= 0.3 is 0 Å².